The fourth-order valence-electron chi connectivity index (χ4n) is 2.83. The molecule has 1 saturated carbocycles. The Kier molecular flexibility index (Phi) is 5.64. The van der Waals surface area contributed by atoms with E-state index in [-0.39, 0.29) is 12.1 Å². The normalized spacial score (nSPS) is 23.1. The van der Waals surface area contributed by atoms with Crippen LogP contribution in [0.5, 0.6) is 0 Å². The lowest BCUT2D eigenvalue weighted by Gasteiger charge is -2.35. The molecule has 20 heavy (non-hydrogen) atoms. The number of likely N-dealkylation sites (N-methyl/N-ethyl adjacent to an activating group) is 1. The Hall–Kier alpha value is -0.840. The summed E-state index contributed by atoms with van der Waals surface area (Å²) in [7, 11) is 2.04. The molecule has 0 radical (unpaired) electrons. The van der Waals surface area contributed by atoms with Crippen LogP contribution in [0.1, 0.15) is 38.3 Å². The molecule has 5 heteroatoms. The second-order valence-electron chi connectivity index (χ2n) is 5.49. The Morgan fingerprint density at radius 2 is 2.15 bits per heavy atom. The van der Waals surface area contributed by atoms with Crippen LogP contribution in [0.3, 0.4) is 0 Å². The first-order valence-corrected chi connectivity index (χ1v) is 7.77. The summed E-state index contributed by atoms with van der Waals surface area (Å²) in [6.07, 6.45) is 4.02. The Bertz CT molecular complexity index is 441. The van der Waals surface area contributed by atoms with Gasteiger partial charge in [0.05, 0.1) is 16.8 Å². The minimum Gasteiger partial charge on any atom is -0.391 e. The van der Waals surface area contributed by atoms with E-state index in [4.69, 9.17) is 11.6 Å². The van der Waals surface area contributed by atoms with Crippen LogP contribution in [0, 0.1) is 0 Å². The average Bonchev–Trinajstić information content (AvgIpc) is 2.43. The van der Waals surface area contributed by atoms with Crippen LogP contribution in [-0.4, -0.2) is 40.7 Å². The second-order valence-corrected chi connectivity index (χ2v) is 5.90. The predicted octanol–water partition coefficient (Wildman–Crippen LogP) is 2.90. The van der Waals surface area contributed by atoms with Crippen LogP contribution in [0.25, 0.3) is 0 Å². The van der Waals surface area contributed by atoms with Gasteiger partial charge in [-0.15, -0.1) is 0 Å². The number of hydrogen-bond donors (Lipinski definition) is 2. The average molecular weight is 298 g/mol. The number of halogens is 1. The maximum Gasteiger partial charge on any atom is 0.126 e. The Labute approximate surface area is 126 Å². The summed E-state index contributed by atoms with van der Waals surface area (Å²) >= 11 is 6.24. The number of anilines is 1. The van der Waals surface area contributed by atoms with Gasteiger partial charge >= 0.3 is 0 Å². The number of aliphatic hydroxyl groups excluding tert-OH is 1. The maximum atomic E-state index is 10.1. The van der Waals surface area contributed by atoms with Crippen LogP contribution in [0.4, 0.5) is 5.82 Å². The molecule has 1 aliphatic rings. The van der Waals surface area contributed by atoms with Gasteiger partial charge in [-0.05, 0) is 38.9 Å². The van der Waals surface area contributed by atoms with Gasteiger partial charge in [-0.3, -0.25) is 4.90 Å². The summed E-state index contributed by atoms with van der Waals surface area (Å²) in [5.41, 5.74) is 0.866. The zero-order valence-corrected chi connectivity index (χ0v) is 13.0. The van der Waals surface area contributed by atoms with Crippen molar-refractivity contribution in [2.45, 2.75) is 51.3 Å². The summed E-state index contributed by atoms with van der Waals surface area (Å²) in [5, 5.41) is 14.0. The minimum atomic E-state index is -0.232. The molecule has 0 bridgehead atoms. The van der Waals surface area contributed by atoms with Gasteiger partial charge in [0, 0.05) is 19.1 Å². The number of aliphatic hydroxyl groups is 1. The first kappa shape index (κ1) is 15.5. The van der Waals surface area contributed by atoms with Crippen LogP contribution in [-0.2, 0) is 6.54 Å². The van der Waals surface area contributed by atoms with Crippen molar-refractivity contribution in [2.24, 2.45) is 0 Å². The van der Waals surface area contributed by atoms with Gasteiger partial charge in [0.2, 0.25) is 0 Å². The van der Waals surface area contributed by atoms with Crippen molar-refractivity contribution in [3.63, 3.8) is 0 Å². The molecule has 0 amide bonds. The van der Waals surface area contributed by atoms with Gasteiger partial charge in [-0.25, -0.2) is 4.98 Å². The van der Waals surface area contributed by atoms with Crippen molar-refractivity contribution < 1.29 is 5.11 Å². The minimum absolute atomic E-state index is 0.212. The highest BCUT2D eigenvalue weighted by molar-refractivity contribution is 6.31. The van der Waals surface area contributed by atoms with E-state index in [1.54, 1.807) is 0 Å². The summed E-state index contributed by atoms with van der Waals surface area (Å²) in [4.78, 5) is 6.73. The van der Waals surface area contributed by atoms with Crippen molar-refractivity contribution in [1.82, 2.24) is 9.88 Å². The molecule has 0 aliphatic heterocycles. The Morgan fingerprint density at radius 3 is 2.85 bits per heavy atom. The summed E-state index contributed by atoms with van der Waals surface area (Å²) < 4.78 is 0. The molecule has 0 aromatic carbocycles. The third-order valence-electron chi connectivity index (χ3n) is 3.94. The first-order chi connectivity index (χ1) is 9.61. The van der Waals surface area contributed by atoms with Crippen molar-refractivity contribution >= 4 is 17.4 Å². The molecule has 2 unspecified atom stereocenters. The van der Waals surface area contributed by atoms with Crippen molar-refractivity contribution in [1.29, 1.82) is 0 Å². The topological polar surface area (TPSA) is 48.4 Å². The molecule has 2 rings (SSSR count). The highest BCUT2D eigenvalue weighted by Gasteiger charge is 2.27. The summed E-state index contributed by atoms with van der Waals surface area (Å²) in [6.45, 7) is 3.55. The van der Waals surface area contributed by atoms with Crippen LogP contribution >= 0.6 is 11.6 Å². The quantitative estimate of drug-likeness (QED) is 0.877. The van der Waals surface area contributed by atoms with Gasteiger partial charge < -0.3 is 10.4 Å². The van der Waals surface area contributed by atoms with Crippen molar-refractivity contribution in [2.75, 3.05) is 18.9 Å². The molecule has 1 heterocycles. The molecular formula is C15H24ClN3O. The van der Waals surface area contributed by atoms with E-state index < -0.39 is 0 Å². The Balaban J connectivity index is 2.06. The largest absolute Gasteiger partial charge is 0.391 e. The summed E-state index contributed by atoms with van der Waals surface area (Å²) in [5.74, 6) is 0.851. The first-order valence-electron chi connectivity index (χ1n) is 7.39. The van der Waals surface area contributed by atoms with Crippen molar-refractivity contribution in [3.05, 3.63) is 22.8 Å². The summed E-state index contributed by atoms with van der Waals surface area (Å²) in [6, 6.07) is 3.99. The van der Waals surface area contributed by atoms with E-state index in [0.717, 1.165) is 37.3 Å². The predicted molar refractivity (Wildman–Crippen MR) is 83.1 cm³/mol. The molecule has 2 N–H and O–H groups in total. The lowest BCUT2D eigenvalue weighted by Crippen LogP contribution is -2.43. The monoisotopic (exact) mass is 297 g/mol. The molecule has 112 valence electrons. The lowest BCUT2D eigenvalue weighted by molar-refractivity contribution is 0.0284. The second kappa shape index (κ2) is 7.25. The highest BCUT2D eigenvalue weighted by atomic mass is 35.5. The van der Waals surface area contributed by atoms with E-state index in [1.807, 2.05) is 26.1 Å². The van der Waals surface area contributed by atoms with Gasteiger partial charge in [0.15, 0.2) is 0 Å². The fourth-order valence-corrected chi connectivity index (χ4v) is 3.00. The molecular weight excluding hydrogens is 274 g/mol. The van der Waals surface area contributed by atoms with E-state index in [0.29, 0.717) is 11.6 Å². The highest BCUT2D eigenvalue weighted by Crippen LogP contribution is 2.25. The standard InChI is InChI=1S/C15H24ClN3O/c1-3-17-15-9-8-11(16)12(18-15)10-19(2)13-6-4-5-7-14(13)20/h8-9,13-14,20H,3-7,10H2,1-2H3,(H,17,18). The van der Waals surface area contributed by atoms with E-state index in [2.05, 4.69) is 15.2 Å². The number of rotatable bonds is 5. The number of pyridine rings is 1. The molecule has 1 aromatic rings. The lowest BCUT2D eigenvalue weighted by atomic mass is 9.91. The number of nitrogens with one attached hydrogen (secondary N) is 1. The van der Waals surface area contributed by atoms with Crippen LogP contribution in [0.2, 0.25) is 5.02 Å². The van der Waals surface area contributed by atoms with Gasteiger partial charge in [0.1, 0.15) is 5.82 Å². The molecule has 4 nitrogen and oxygen atoms in total. The molecule has 0 spiro atoms. The van der Waals surface area contributed by atoms with Crippen LogP contribution < -0.4 is 5.32 Å². The van der Waals surface area contributed by atoms with Gasteiger partial charge in [0.25, 0.3) is 0 Å². The molecule has 1 fully saturated rings. The number of nitrogens with zero attached hydrogens (tertiary/aromatic N) is 2. The zero-order chi connectivity index (χ0) is 14.5. The Morgan fingerprint density at radius 1 is 1.40 bits per heavy atom. The third-order valence-corrected chi connectivity index (χ3v) is 4.28. The van der Waals surface area contributed by atoms with E-state index >= 15 is 0 Å². The molecule has 2 atom stereocenters. The van der Waals surface area contributed by atoms with Gasteiger partial charge in [-0.2, -0.15) is 0 Å². The SMILES string of the molecule is CCNc1ccc(Cl)c(CN(C)C2CCCCC2O)n1. The number of hydrogen-bond acceptors (Lipinski definition) is 4. The smallest absolute Gasteiger partial charge is 0.126 e. The van der Waals surface area contributed by atoms with Gasteiger partial charge in [-0.1, -0.05) is 24.4 Å². The van der Waals surface area contributed by atoms with Crippen molar-refractivity contribution in [3.8, 4) is 0 Å². The number of aromatic nitrogens is 1. The van der Waals surface area contributed by atoms with E-state index in [9.17, 15) is 5.11 Å². The molecule has 0 saturated heterocycles. The zero-order valence-electron chi connectivity index (χ0n) is 12.3. The maximum absolute atomic E-state index is 10.1. The molecule has 1 aliphatic carbocycles. The van der Waals surface area contributed by atoms with E-state index in [1.165, 1.54) is 6.42 Å². The third kappa shape index (κ3) is 3.84. The van der Waals surface area contributed by atoms with Crippen LogP contribution in [0.15, 0.2) is 12.1 Å². The fraction of sp³-hybridized carbons (Fsp3) is 0.667. The molecule has 1 aromatic heterocycles.